The fraction of sp³-hybridized carbons (Fsp3) is 0.350. The second-order valence-electron chi connectivity index (χ2n) is 6.79. The lowest BCUT2D eigenvalue weighted by Crippen LogP contribution is -2.33. The van der Waals surface area contributed by atoms with Gasteiger partial charge in [-0.3, -0.25) is 9.59 Å². The molecule has 6 heteroatoms. The molecule has 2 heterocycles. The number of carbonyl (C=O) groups is 2. The third-order valence-electron chi connectivity index (χ3n) is 4.56. The molecule has 1 fully saturated rings. The van der Waals surface area contributed by atoms with Crippen LogP contribution in [0.4, 0.5) is 17.2 Å². The number of rotatable bonds is 4. The van der Waals surface area contributed by atoms with Gasteiger partial charge in [-0.15, -0.1) is 0 Å². The van der Waals surface area contributed by atoms with Gasteiger partial charge in [-0.1, -0.05) is 13.0 Å². The summed E-state index contributed by atoms with van der Waals surface area (Å²) in [6, 6.07) is 10.6. The van der Waals surface area contributed by atoms with Gasteiger partial charge in [0.25, 0.3) is 5.91 Å². The van der Waals surface area contributed by atoms with Crippen LogP contribution in [-0.4, -0.2) is 29.9 Å². The van der Waals surface area contributed by atoms with E-state index in [1.54, 1.807) is 36.5 Å². The average molecular weight is 352 g/mol. The van der Waals surface area contributed by atoms with E-state index >= 15 is 0 Å². The van der Waals surface area contributed by atoms with Crippen LogP contribution in [0.1, 0.15) is 37.0 Å². The minimum Gasteiger partial charge on any atom is -0.357 e. The van der Waals surface area contributed by atoms with Gasteiger partial charge in [-0.2, -0.15) is 0 Å². The third kappa shape index (κ3) is 4.59. The maximum Gasteiger partial charge on any atom is 0.255 e. The first kappa shape index (κ1) is 17.9. The Hall–Kier alpha value is -2.89. The summed E-state index contributed by atoms with van der Waals surface area (Å²) in [5.74, 6) is 1.24. The molecule has 2 aromatic rings. The molecule has 1 saturated heterocycles. The fourth-order valence-electron chi connectivity index (χ4n) is 3.05. The van der Waals surface area contributed by atoms with Crippen molar-refractivity contribution in [1.82, 2.24) is 4.98 Å². The first-order valence-electron chi connectivity index (χ1n) is 8.91. The number of amides is 2. The summed E-state index contributed by atoms with van der Waals surface area (Å²) in [5, 5.41) is 5.58. The minimum absolute atomic E-state index is 0.150. The zero-order chi connectivity index (χ0) is 18.5. The molecule has 26 heavy (non-hydrogen) atoms. The van der Waals surface area contributed by atoms with Crippen molar-refractivity contribution in [3.8, 4) is 0 Å². The van der Waals surface area contributed by atoms with E-state index in [-0.39, 0.29) is 11.8 Å². The molecule has 3 rings (SSSR count). The molecule has 0 saturated carbocycles. The lowest BCUT2D eigenvalue weighted by molar-refractivity contribution is -0.114. The SMILES string of the molecule is CC(=O)Nc1cccc(NC(=O)c2ccnc(N3CCC(C)CC3)c2)c1. The minimum atomic E-state index is -0.195. The van der Waals surface area contributed by atoms with Crippen LogP contribution < -0.4 is 15.5 Å². The lowest BCUT2D eigenvalue weighted by atomic mass is 9.99. The zero-order valence-electron chi connectivity index (χ0n) is 15.2. The predicted molar refractivity (Wildman–Crippen MR) is 104 cm³/mol. The van der Waals surface area contributed by atoms with E-state index in [2.05, 4.69) is 27.4 Å². The van der Waals surface area contributed by atoms with Gasteiger partial charge in [0.15, 0.2) is 0 Å². The van der Waals surface area contributed by atoms with Gasteiger partial charge in [0.1, 0.15) is 5.82 Å². The van der Waals surface area contributed by atoms with Crippen LogP contribution in [0, 0.1) is 5.92 Å². The molecule has 0 unspecified atom stereocenters. The standard InChI is InChI=1S/C20H24N4O2/c1-14-7-10-24(11-8-14)19-12-16(6-9-21-19)20(26)23-18-5-3-4-17(13-18)22-15(2)25/h3-6,9,12-14H,7-8,10-11H2,1-2H3,(H,22,25)(H,23,26). The smallest absolute Gasteiger partial charge is 0.255 e. The van der Waals surface area contributed by atoms with E-state index in [1.165, 1.54) is 6.92 Å². The van der Waals surface area contributed by atoms with Crippen LogP contribution in [0.25, 0.3) is 0 Å². The highest BCUT2D eigenvalue weighted by Crippen LogP contribution is 2.22. The van der Waals surface area contributed by atoms with E-state index in [1.807, 2.05) is 6.07 Å². The second kappa shape index (κ2) is 7.99. The third-order valence-corrected chi connectivity index (χ3v) is 4.56. The highest BCUT2D eigenvalue weighted by molar-refractivity contribution is 6.05. The van der Waals surface area contributed by atoms with Gasteiger partial charge < -0.3 is 15.5 Å². The number of carbonyl (C=O) groups excluding carboxylic acids is 2. The molecule has 1 aliphatic rings. The second-order valence-corrected chi connectivity index (χ2v) is 6.79. The zero-order valence-corrected chi connectivity index (χ0v) is 15.2. The largest absolute Gasteiger partial charge is 0.357 e. The van der Waals surface area contributed by atoms with Gasteiger partial charge in [-0.25, -0.2) is 4.98 Å². The number of hydrogen-bond donors (Lipinski definition) is 2. The Labute approximate surface area is 153 Å². The van der Waals surface area contributed by atoms with Crippen LogP contribution >= 0.6 is 0 Å². The molecule has 1 aromatic carbocycles. The Morgan fingerprint density at radius 2 is 1.77 bits per heavy atom. The van der Waals surface area contributed by atoms with E-state index in [0.29, 0.717) is 16.9 Å². The Bertz CT molecular complexity index is 798. The summed E-state index contributed by atoms with van der Waals surface area (Å²) in [4.78, 5) is 30.4. The molecule has 2 N–H and O–H groups in total. The fourth-order valence-corrected chi connectivity index (χ4v) is 3.05. The monoisotopic (exact) mass is 352 g/mol. The van der Waals surface area contributed by atoms with E-state index in [0.717, 1.165) is 37.7 Å². The summed E-state index contributed by atoms with van der Waals surface area (Å²) in [6.07, 6.45) is 3.97. The summed E-state index contributed by atoms with van der Waals surface area (Å²) in [7, 11) is 0. The van der Waals surface area contributed by atoms with E-state index in [4.69, 9.17) is 0 Å². The first-order chi connectivity index (χ1) is 12.5. The molecule has 136 valence electrons. The number of pyridine rings is 1. The van der Waals surface area contributed by atoms with Crippen molar-refractivity contribution in [2.24, 2.45) is 5.92 Å². The van der Waals surface area contributed by atoms with Crippen LogP contribution in [0.5, 0.6) is 0 Å². The predicted octanol–water partition coefficient (Wildman–Crippen LogP) is 3.53. The molecule has 1 aromatic heterocycles. The van der Waals surface area contributed by atoms with Crippen LogP contribution in [0.3, 0.4) is 0 Å². The first-order valence-corrected chi connectivity index (χ1v) is 8.91. The highest BCUT2D eigenvalue weighted by Gasteiger charge is 2.18. The lowest BCUT2D eigenvalue weighted by Gasteiger charge is -2.31. The number of nitrogens with zero attached hydrogens (tertiary/aromatic N) is 2. The number of anilines is 3. The molecule has 2 amide bonds. The molecular weight excluding hydrogens is 328 g/mol. The molecule has 0 atom stereocenters. The van der Waals surface area contributed by atoms with Gasteiger partial charge >= 0.3 is 0 Å². The van der Waals surface area contributed by atoms with Crippen molar-refractivity contribution in [2.75, 3.05) is 28.6 Å². The maximum atomic E-state index is 12.6. The van der Waals surface area contributed by atoms with Crippen molar-refractivity contribution in [3.63, 3.8) is 0 Å². The van der Waals surface area contributed by atoms with Crippen LogP contribution in [0.15, 0.2) is 42.6 Å². The average Bonchev–Trinajstić information content (AvgIpc) is 2.62. The number of piperidine rings is 1. The number of benzene rings is 1. The van der Waals surface area contributed by atoms with Crippen LogP contribution in [0.2, 0.25) is 0 Å². The summed E-state index contributed by atoms with van der Waals surface area (Å²) < 4.78 is 0. The molecule has 6 nitrogen and oxygen atoms in total. The van der Waals surface area contributed by atoms with Crippen molar-refractivity contribution < 1.29 is 9.59 Å². The summed E-state index contributed by atoms with van der Waals surface area (Å²) in [5.41, 5.74) is 1.85. The van der Waals surface area contributed by atoms with Crippen molar-refractivity contribution in [1.29, 1.82) is 0 Å². The molecule has 0 radical (unpaired) electrons. The molecule has 1 aliphatic heterocycles. The number of aromatic nitrogens is 1. The Kier molecular flexibility index (Phi) is 5.51. The van der Waals surface area contributed by atoms with Crippen molar-refractivity contribution >= 4 is 29.0 Å². The number of nitrogens with one attached hydrogen (secondary N) is 2. The molecule has 0 spiro atoms. The maximum absolute atomic E-state index is 12.6. The van der Waals surface area contributed by atoms with Gasteiger partial charge in [-0.05, 0) is 49.1 Å². The van der Waals surface area contributed by atoms with Crippen LogP contribution in [-0.2, 0) is 4.79 Å². The molecule has 0 aliphatic carbocycles. The summed E-state index contributed by atoms with van der Waals surface area (Å²) in [6.45, 7) is 5.66. The topological polar surface area (TPSA) is 74.3 Å². The Balaban J connectivity index is 1.70. The highest BCUT2D eigenvalue weighted by atomic mass is 16.2. The van der Waals surface area contributed by atoms with Gasteiger partial charge in [0, 0.05) is 43.1 Å². The van der Waals surface area contributed by atoms with Crippen molar-refractivity contribution in [3.05, 3.63) is 48.2 Å². The van der Waals surface area contributed by atoms with Crippen molar-refractivity contribution in [2.45, 2.75) is 26.7 Å². The molecular formula is C20H24N4O2. The van der Waals surface area contributed by atoms with Gasteiger partial charge in [0.05, 0.1) is 0 Å². The summed E-state index contributed by atoms with van der Waals surface area (Å²) >= 11 is 0. The quantitative estimate of drug-likeness (QED) is 0.883. The Morgan fingerprint density at radius 3 is 2.46 bits per heavy atom. The van der Waals surface area contributed by atoms with E-state index in [9.17, 15) is 9.59 Å². The van der Waals surface area contributed by atoms with Gasteiger partial charge in [0.2, 0.25) is 5.91 Å². The molecule has 0 bridgehead atoms. The van der Waals surface area contributed by atoms with E-state index < -0.39 is 0 Å². The Morgan fingerprint density at radius 1 is 1.08 bits per heavy atom. The normalized spacial score (nSPS) is 14.8. The number of hydrogen-bond acceptors (Lipinski definition) is 4.